The Labute approximate surface area is 130 Å². The summed E-state index contributed by atoms with van der Waals surface area (Å²) in [5.74, 6) is 0. The van der Waals surface area contributed by atoms with Crippen molar-refractivity contribution >= 4 is 0 Å². The van der Waals surface area contributed by atoms with Crippen molar-refractivity contribution in [3.63, 3.8) is 0 Å². The molecular weight excluding hydrogens is 256 g/mol. The minimum Gasteiger partial charge on any atom is -0.329 e. The van der Waals surface area contributed by atoms with Crippen LogP contribution in [0.1, 0.15) is 67.3 Å². The van der Waals surface area contributed by atoms with Gasteiger partial charge in [0.05, 0.1) is 0 Å². The molecule has 2 atom stereocenters. The summed E-state index contributed by atoms with van der Waals surface area (Å²) >= 11 is 0. The Morgan fingerprint density at radius 1 is 1.10 bits per heavy atom. The van der Waals surface area contributed by atoms with Crippen LogP contribution >= 0.6 is 0 Å². The summed E-state index contributed by atoms with van der Waals surface area (Å²) in [7, 11) is 0. The van der Waals surface area contributed by atoms with Crippen molar-refractivity contribution in [2.75, 3.05) is 13.1 Å². The zero-order chi connectivity index (χ0) is 15.4. The zero-order valence-electron chi connectivity index (χ0n) is 14.3. The molecule has 0 bridgehead atoms. The molecule has 1 aliphatic rings. The van der Waals surface area contributed by atoms with Crippen LogP contribution in [0.15, 0.2) is 12.1 Å². The van der Waals surface area contributed by atoms with Gasteiger partial charge in [-0.15, -0.1) is 0 Å². The molecule has 118 valence electrons. The minimum absolute atomic E-state index is 0.382. The third kappa shape index (κ3) is 3.67. The van der Waals surface area contributed by atoms with Gasteiger partial charge in [0, 0.05) is 18.6 Å². The molecule has 2 heteroatoms. The third-order valence-corrected chi connectivity index (χ3v) is 5.26. The first-order valence-corrected chi connectivity index (χ1v) is 8.62. The summed E-state index contributed by atoms with van der Waals surface area (Å²) in [6.45, 7) is 10.9. The van der Waals surface area contributed by atoms with Crippen molar-refractivity contribution in [1.82, 2.24) is 4.90 Å². The predicted molar refractivity (Wildman–Crippen MR) is 91.7 cm³/mol. The van der Waals surface area contributed by atoms with E-state index in [1.54, 1.807) is 0 Å². The third-order valence-electron chi connectivity index (χ3n) is 5.26. The van der Waals surface area contributed by atoms with Gasteiger partial charge in [-0.2, -0.15) is 0 Å². The van der Waals surface area contributed by atoms with Gasteiger partial charge in [0.25, 0.3) is 0 Å². The van der Waals surface area contributed by atoms with Crippen LogP contribution < -0.4 is 5.73 Å². The van der Waals surface area contributed by atoms with Crippen LogP contribution in [0, 0.1) is 20.8 Å². The summed E-state index contributed by atoms with van der Waals surface area (Å²) in [5.41, 5.74) is 11.8. The molecule has 0 saturated carbocycles. The molecule has 0 aromatic heterocycles. The fourth-order valence-electron chi connectivity index (χ4n) is 3.83. The molecule has 0 spiro atoms. The largest absolute Gasteiger partial charge is 0.329 e. The highest BCUT2D eigenvalue weighted by atomic mass is 15.2. The maximum Gasteiger partial charge on any atom is 0.0476 e. The lowest BCUT2D eigenvalue weighted by molar-refractivity contribution is 0.135. The molecular formula is C19H32N2. The number of nitrogens with zero attached hydrogens (tertiary/aromatic N) is 1. The Balaban J connectivity index is 2.35. The fourth-order valence-corrected chi connectivity index (χ4v) is 3.83. The van der Waals surface area contributed by atoms with Crippen molar-refractivity contribution in [2.45, 2.75) is 71.9 Å². The van der Waals surface area contributed by atoms with Crippen molar-refractivity contribution in [2.24, 2.45) is 5.73 Å². The Morgan fingerprint density at radius 3 is 2.48 bits per heavy atom. The molecule has 0 aliphatic carbocycles. The lowest BCUT2D eigenvalue weighted by Gasteiger charge is -2.37. The number of hydrogen-bond donors (Lipinski definition) is 1. The molecule has 1 heterocycles. The maximum atomic E-state index is 6.22. The monoisotopic (exact) mass is 288 g/mol. The molecule has 2 nitrogen and oxygen atoms in total. The molecule has 1 fully saturated rings. The van der Waals surface area contributed by atoms with Crippen LogP contribution in [0.5, 0.6) is 0 Å². The van der Waals surface area contributed by atoms with Crippen molar-refractivity contribution in [1.29, 1.82) is 0 Å². The van der Waals surface area contributed by atoms with Crippen LogP contribution in [-0.2, 0) is 0 Å². The van der Waals surface area contributed by atoms with Gasteiger partial charge in [-0.1, -0.05) is 31.9 Å². The van der Waals surface area contributed by atoms with Gasteiger partial charge >= 0.3 is 0 Å². The first-order valence-electron chi connectivity index (χ1n) is 8.62. The van der Waals surface area contributed by atoms with E-state index in [0.29, 0.717) is 12.1 Å². The zero-order valence-corrected chi connectivity index (χ0v) is 14.3. The molecule has 1 saturated heterocycles. The maximum absolute atomic E-state index is 6.22. The van der Waals surface area contributed by atoms with Crippen LogP contribution in [0.25, 0.3) is 0 Å². The van der Waals surface area contributed by atoms with Crippen molar-refractivity contribution in [3.05, 3.63) is 34.4 Å². The van der Waals surface area contributed by atoms with Crippen LogP contribution in [0.4, 0.5) is 0 Å². The van der Waals surface area contributed by atoms with Gasteiger partial charge in [-0.25, -0.2) is 0 Å². The average molecular weight is 288 g/mol. The predicted octanol–water partition coefficient (Wildman–Crippen LogP) is 4.27. The standard InChI is InChI=1S/C19H32N2/c1-5-17-9-7-6-8-10-21(17)19(13-20)18-12-15(3)14(2)11-16(18)4/h11-12,17,19H,5-10,13,20H2,1-4H3. The molecule has 1 aromatic rings. The van der Waals surface area contributed by atoms with E-state index < -0.39 is 0 Å². The second-order valence-electron chi connectivity index (χ2n) is 6.69. The molecule has 1 aliphatic heterocycles. The molecule has 2 rings (SSSR count). The van der Waals surface area contributed by atoms with E-state index in [1.165, 1.54) is 60.9 Å². The Bertz CT molecular complexity index is 467. The van der Waals surface area contributed by atoms with E-state index in [4.69, 9.17) is 5.73 Å². The molecule has 2 N–H and O–H groups in total. The average Bonchev–Trinajstić information content (AvgIpc) is 2.70. The van der Waals surface area contributed by atoms with Gasteiger partial charge in [-0.05, 0) is 68.8 Å². The van der Waals surface area contributed by atoms with Crippen molar-refractivity contribution in [3.8, 4) is 0 Å². The lowest BCUT2D eigenvalue weighted by atomic mass is 9.93. The van der Waals surface area contributed by atoms with Gasteiger partial charge < -0.3 is 5.73 Å². The highest BCUT2D eigenvalue weighted by Crippen LogP contribution is 2.31. The van der Waals surface area contributed by atoms with Gasteiger partial charge in [0.15, 0.2) is 0 Å². The minimum atomic E-state index is 0.382. The first-order chi connectivity index (χ1) is 10.1. The molecule has 0 amide bonds. The van der Waals surface area contributed by atoms with E-state index in [9.17, 15) is 0 Å². The molecule has 1 aromatic carbocycles. The summed E-state index contributed by atoms with van der Waals surface area (Å²) in [5, 5.41) is 0. The summed E-state index contributed by atoms with van der Waals surface area (Å²) in [6, 6.07) is 5.78. The van der Waals surface area contributed by atoms with Crippen LogP contribution in [0.2, 0.25) is 0 Å². The highest BCUT2D eigenvalue weighted by Gasteiger charge is 2.27. The second-order valence-corrected chi connectivity index (χ2v) is 6.69. The van der Waals surface area contributed by atoms with E-state index in [2.05, 4.69) is 44.7 Å². The molecule has 0 radical (unpaired) electrons. The second kappa shape index (κ2) is 7.42. The summed E-state index contributed by atoms with van der Waals surface area (Å²) < 4.78 is 0. The smallest absolute Gasteiger partial charge is 0.0476 e. The number of benzene rings is 1. The SMILES string of the molecule is CCC1CCCCCN1C(CN)c1cc(C)c(C)cc1C. The Hall–Kier alpha value is -0.860. The van der Waals surface area contributed by atoms with Gasteiger partial charge in [0.1, 0.15) is 0 Å². The molecule has 21 heavy (non-hydrogen) atoms. The topological polar surface area (TPSA) is 29.3 Å². The Kier molecular flexibility index (Phi) is 5.83. The number of aryl methyl sites for hydroxylation is 3. The van der Waals surface area contributed by atoms with E-state index in [1.807, 2.05) is 0 Å². The number of nitrogens with two attached hydrogens (primary N) is 1. The lowest BCUT2D eigenvalue weighted by Crippen LogP contribution is -2.41. The van der Waals surface area contributed by atoms with Gasteiger partial charge in [-0.3, -0.25) is 4.90 Å². The van der Waals surface area contributed by atoms with Gasteiger partial charge in [0.2, 0.25) is 0 Å². The number of likely N-dealkylation sites (tertiary alicyclic amines) is 1. The highest BCUT2D eigenvalue weighted by molar-refractivity contribution is 5.38. The Morgan fingerprint density at radius 2 is 1.81 bits per heavy atom. The summed E-state index contributed by atoms with van der Waals surface area (Å²) in [6.07, 6.45) is 6.63. The number of hydrogen-bond acceptors (Lipinski definition) is 2. The first kappa shape index (κ1) is 16.5. The fraction of sp³-hybridized carbons (Fsp3) is 0.684. The quantitative estimate of drug-likeness (QED) is 0.896. The van der Waals surface area contributed by atoms with Crippen molar-refractivity contribution < 1.29 is 0 Å². The molecule has 2 unspecified atom stereocenters. The summed E-state index contributed by atoms with van der Waals surface area (Å²) in [4.78, 5) is 2.70. The van der Waals surface area contributed by atoms with E-state index in [-0.39, 0.29) is 0 Å². The normalized spacial score (nSPS) is 22.0. The van der Waals surface area contributed by atoms with E-state index >= 15 is 0 Å². The van der Waals surface area contributed by atoms with Crippen LogP contribution in [-0.4, -0.2) is 24.0 Å². The van der Waals surface area contributed by atoms with E-state index in [0.717, 1.165) is 6.54 Å². The van der Waals surface area contributed by atoms with Crippen LogP contribution in [0.3, 0.4) is 0 Å². The number of rotatable bonds is 4.